The summed E-state index contributed by atoms with van der Waals surface area (Å²) in [5, 5.41) is 11.4. The van der Waals surface area contributed by atoms with E-state index in [0.29, 0.717) is 11.3 Å². The first kappa shape index (κ1) is 18.1. The molecule has 1 unspecified atom stereocenters. The Morgan fingerprint density at radius 2 is 1.85 bits per heavy atom. The smallest absolute Gasteiger partial charge is 0.416 e. The monoisotopic (exact) mass is 377 g/mol. The zero-order valence-corrected chi connectivity index (χ0v) is 14.4. The lowest BCUT2D eigenvalue weighted by atomic mass is 10.0. The largest absolute Gasteiger partial charge is 0.478 e. The molecular formula is C19H14F3NO2S. The van der Waals surface area contributed by atoms with E-state index in [1.165, 1.54) is 29.5 Å². The summed E-state index contributed by atoms with van der Waals surface area (Å²) in [5.74, 6) is -1.09. The first-order valence-electron chi connectivity index (χ1n) is 7.72. The van der Waals surface area contributed by atoms with Gasteiger partial charge in [0.2, 0.25) is 0 Å². The van der Waals surface area contributed by atoms with Gasteiger partial charge < -0.3 is 5.11 Å². The van der Waals surface area contributed by atoms with E-state index in [9.17, 15) is 18.0 Å². The number of rotatable bonds is 4. The molecule has 1 atom stereocenters. The van der Waals surface area contributed by atoms with Crippen LogP contribution in [0.1, 0.15) is 39.3 Å². The Bertz CT molecular complexity index is 932. The summed E-state index contributed by atoms with van der Waals surface area (Å²) in [6, 6.07) is 11.6. The van der Waals surface area contributed by atoms with E-state index in [-0.39, 0.29) is 11.5 Å². The first-order valence-corrected chi connectivity index (χ1v) is 8.60. The summed E-state index contributed by atoms with van der Waals surface area (Å²) >= 11 is 1.36. The molecule has 3 rings (SSSR count). The summed E-state index contributed by atoms with van der Waals surface area (Å²) in [7, 11) is 0. The van der Waals surface area contributed by atoms with Gasteiger partial charge in [-0.25, -0.2) is 9.78 Å². The molecule has 0 fully saturated rings. The van der Waals surface area contributed by atoms with Gasteiger partial charge in [-0.2, -0.15) is 13.2 Å². The summed E-state index contributed by atoms with van der Waals surface area (Å²) < 4.78 is 38.6. The number of carboxylic acid groups (broad SMARTS) is 1. The van der Waals surface area contributed by atoms with E-state index in [2.05, 4.69) is 4.98 Å². The lowest BCUT2D eigenvalue weighted by molar-refractivity contribution is -0.137. The Hall–Kier alpha value is -2.67. The number of carboxylic acids is 1. The highest BCUT2D eigenvalue weighted by Crippen LogP contribution is 2.34. The number of nitrogens with zero attached hydrogens (tertiary/aromatic N) is 1. The number of thiazole rings is 1. The molecule has 7 heteroatoms. The van der Waals surface area contributed by atoms with Crippen molar-refractivity contribution in [3.05, 3.63) is 75.6 Å². The van der Waals surface area contributed by atoms with E-state index in [0.717, 1.165) is 22.7 Å². The van der Waals surface area contributed by atoms with Crippen molar-refractivity contribution in [3.8, 4) is 11.3 Å². The van der Waals surface area contributed by atoms with Gasteiger partial charge in [-0.3, -0.25) is 0 Å². The molecule has 0 saturated heterocycles. The van der Waals surface area contributed by atoms with Crippen LogP contribution in [-0.4, -0.2) is 16.1 Å². The zero-order chi connectivity index (χ0) is 18.9. The van der Waals surface area contributed by atoms with Gasteiger partial charge in [-0.05, 0) is 29.8 Å². The molecule has 3 nitrogen and oxygen atoms in total. The standard InChI is InChI=1S/C19H14F3NO2S/c1-11(12-5-7-13(8-6-12)18(24)25)17-23-16(10-26-17)14-3-2-4-15(9-14)19(20,21)22/h2-11H,1H3,(H,24,25). The van der Waals surface area contributed by atoms with Gasteiger partial charge in [0.15, 0.2) is 0 Å². The molecule has 0 aliphatic rings. The fraction of sp³-hybridized carbons (Fsp3) is 0.158. The molecule has 2 aromatic carbocycles. The van der Waals surface area contributed by atoms with Crippen molar-refractivity contribution in [2.75, 3.05) is 0 Å². The second kappa shape index (κ2) is 6.92. The molecule has 0 aliphatic heterocycles. The van der Waals surface area contributed by atoms with E-state index in [1.807, 2.05) is 6.92 Å². The number of aromatic nitrogens is 1. The van der Waals surface area contributed by atoms with Crippen LogP contribution in [-0.2, 0) is 6.18 Å². The minimum absolute atomic E-state index is 0.0950. The van der Waals surface area contributed by atoms with Gasteiger partial charge in [0.25, 0.3) is 0 Å². The Kier molecular flexibility index (Phi) is 4.82. The fourth-order valence-corrected chi connectivity index (χ4v) is 3.44. The van der Waals surface area contributed by atoms with E-state index >= 15 is 0 Å². The van der Waals surface area contributed by atoms with Gasteiger partial charge in [0.1, 0.15) is 5.01 Å². The Labute approximate surface area is 151 Å². The lowest BCUT2D eigenvalue weighted by Gasteiger charge is -2.09. The molecule has 0 amide bonds. The van der Waals surface area contributed by atoms with E-state index < -0.39 is 17.7 Å². The quantitative estimate of drug-likeness (QED) is 0.636. The summed E-state index contributed by atoms with van der Waals surface area (Å²) in [4.78, 5) is 15.4. The van der Waals surface area contributed by atoms with Crippen LogP contribution < -0.4 is 0 Å². The lowest BCUT2D eigenvalue weighted by Crippen LogP contribution is -2.04. The third-order valence-corrected chi connectivity index (χ3v) is 5.06. The van der Waals surface area contributed by atoms with Crippen LogP contribution in [0.5, 0.6) is 0 Å². The topological polar surface area (TPSA) is 50.2 Å². The van der Waals surface area contributed by atoms with E-state index in [4.69, 9.17) is 5.11 Å². The second-order valence-electron chi connectivity index (χ2n) is 5.80. The maximum atomic E-state index is 12.9. The SMILES string of the molecule is CC(c1ccc(C(=O)O)cc1)c1nc(-c2cccc(C(F)(F)F)c2)cs1. The van der Waals surface area contributed by atoms with Crippen LogP contribution in [0.2, 0.25) is 0 Å². The number of halogens is 3. The number of aromatic carboxylic acids is 1. The minimum Gasteiger partial charge on any atom is -0.478 e. The predicted molar refractivity (Wildman–Crippen MR) is 93.5 cm³/mol. The van der Waals surface area contributed by atoms with Crippen molar-refractivity contribution in [1.29, 1.82) is 0 Å². The van der Waals surface area contributed by atoms with Crippen molar-refractivity contribution in [2.24, 2.45) is 0 Å². The van der Waals surface area contributed by atoms with Crippen LogP contribution in [0.4, 0.5) is 13.2 Å². The van der Waals surface area contributed by atoms with Crippen molar-refractivity contribution in [2.45, 2.75) is 19.0 Å². The highest BCUT2D eigenvalue weighted by Gasteiger charge is 2.30. The molecule has 26 heavy (non-hydrogen) atoms. The third kappa shape index (κ3) is 3.77. The van der Waals surface area contributed by atoms with Gasteiger partial charge in [0, 0.05) is 16.9 Å². The number of alkyl halides is 3. The first-order chi connectivity index (χ1) is 12.3. The normalized spacial score (nSPS) is 12.8. The van der Waals surface area contributed by atoms with Crippen molar-refractivity contribution in [1.82, 2.24) is 4.98 Å². The minimum atomic E-state index is -4.39. The number of benzene rings is 2. The number of carbonyl (C=O) groups is 1. The highest BCUT2D eigenvalue weighted by molar-refractivity contribution is 7.10. The maximum Gasteiger partial charge on any atom is 0.416 e. The maximum absolute atomic E-state index is 12.9. The van der Waals surface area contributed by atoms with Gasteiger partial charge in [0.05, 0.1) is 16.8 Å². The van der Waals surface area contributed by atoms with Crippen LogP contribution in [0, 0.1) is 0 Å². The molecule has 0 radical (unpaired) electrons. The van der Waals surface area contributed by atoms with E-state index in [1.54, 1.807) is 23.6 Å². The molecule has 1 N–H and O–H groups in total. The Morgan fingerprint density at radius 3 is 2.46 bits per heavy atom. The van der Waals surface area contributed by atoms with Crippen LogP contribution in [0.3, 0.4) is 0 Å². The Balaban J connectivity index is 1.86. The van der Waals surface area contributed by atoms with Gasteiger partial charge >= 0.3 is 12.1 Å². The Morgan fingerprint density at radius 1 is 1.15 bits per heavy atom. The van der Waals surface area contributed by atoms with Crippen molar-refractivity contribution >= 4 is 17.3 Å². The average molecular weight is 377 g/mol. The predicted octanol–water partition coefficient (Wildman–Crippen LogP) is 5.68. The second-order valence-corrected chi connectivity index (χ2v) is 6.69. The molecular weight excluding hydrogens is 363 g/mol. The third-order valence-electron chi connectivity index (χ3n) is 4.04. The van der Waals surface area contributed by atoms with Crippen molar-refractivity contribution < 1.29 is 23.1 Å². The fourth-order valence-electron chi connectivity index (χ4n) is 2.53. The zero-order valence-electron chi connectivity index (χ0n) is 13.6. The number of hydrogen-bond donors (Lipinski definition) is 1. The molecule has 1 heterocycles. The summed E-state index contributed by atoms with van der Waals surface area (Å²) in [6.07, 6.45) is -4.39. The van der Waals surface area contributed by atoms with Gasteiger partial charge in [-0.15, -0.1) is 11.3 Å². The molecule has 134 valence electrons. The molecule has 1 aromatic heterocycles. The van der Waals surface area contributed by atoms with Crippen molar-refractivity contribution in [3.63, 3.8) is 0 Å². The molecule has 0 spiro atoms. The summed E-state index contributed by atoms with van der Waals surface area (Å²) in [6.45, 7) is 1.92. The van der Waals surface area contributed by atoms with Crippen LogP contribution >= 0.6 is 11.3 Å². The number of hydrogen-bond acceptors (Lipinski definition) is 3. The highest BCUT2D eigenvalue weighted by atomic mass is 32.1. The molecule has 0 aliphatic carbocycles. The van der Waals surface area contributed by atoms with Crippen LogP contribution in [0.15, 0.2) is 53.9 Å². The molecule has 0 saturated carbocycles. The average Bonchev–Trinajstić information content (AvgIpc) is 3.10. The molecule has 3 aromatic rings. The van der Waals surface area contributed by atoms with Gasteiger partial charge in [-0.1, -0.05) is 31.2 Å². The molecule has 0 bridgehead atoms. The summed E-state index contributed by atoms with van der Waals surface area (Å²) in [5.41, 5.74) is 1.28. The van der Waals surface area contributed by atoms with Crippen LogP contribution in [0.25, 0.3) is 11.3 Å².